The zero-order chi connectivity index (χ0) is 39.2. The fourth-order valence-corrected chi connectivity index (χ4v) is 7.25. The second-order valence-corrected chi connectivity index (χ2v) is 21.5. The van der Waals surface area contributed by atoms with Crippen LogP contribution < -0.4 is 10.1 Å². The van der Waals surface area contributed by atoms with Crippen LogP contribution in [0.25, 0.3) is 11.0 Å². The van der Waals surface area contributed by atoms with Crippen LogP contribution in [0.1, 0.15) is 67.6 Å². The van der Waals surface area contributed by atoms with E-state index in [-0.39, 0.29) is 29.4 Å². The van der Waals surface area contributed by atoms with Crippen molar-refractivity contribution in [1.82, 2.24) is 14.5 Å². The first-order chi connectivity index (χ1) is 25.5. The molecule has 1 atom stereocenters. The Morgan fingerprint density at radius 3 is 2.59 bits per heavy atom. The molecule has 0 spiro atoms. The minimum atomic E-state index is -1.22. The highest BCUT2D eigenvalue weighted by Crippen LogP contribution is 2.38. The third kappa shape index (κ3) is 10.5. The highest BCUT2D eigenvalue weighted by molar-refractivity contribution is 6.76. The molecular weight excluding hydrogens is 730 g/mol. The molecule has 15 heteroatoms. The summed E-state index contributed by atoms with van der Waals surface area (Å²) >= 11 is 6.03. The maximum absolute atomic E-state index is 13.6. The monoisotopic (exact) mass is 777 g/mol. The Kier molecular flexibility index (Phi) is 12.8. The van der Waals surface area contributed by atoms with Crippen LogP contribution in [0.15, 0.2) is 60.9 Å². The van der Waals surface area contributed by atoms with Crippen molar-refractivity contribution in [3.8, 4) is 11.5 Å². The molecule has 288 valence electrons. The van der Waals surface area contributed by atoms with Gasteiger partial charge in [-0.1, -0.05) is 38.2 Å². The van der Waals surface area contributed by atoms with Crippen LogP contribution in [0.5, 0.6) is 11.5 Å². The number of anilines is 1. The summed E-state index contributed by atoms with van der Waals surface area (Å²) in [6.45, 7) is 12.9. The number of nitrogens with zero attached hydrogens (tertiary/aromatic N) is 4. The SMILES string of the molecule is CC(C)(C)OC(=O)c1ccc(NC(=O)CN(C(=O)CCl)[C@@H]2CCCCc3c2cccc3[N+](=O)[O-])cc1Oc1cnc2c(ccn2COCC[Si](C)(C)C)c1. The Hall–Kier alpha value is -4.79. The maximum atomic E-state index is 13.6. The lowest BCUT2D eigenvalue weighted by atomic mass is 9.96. The number of ether oxygens (including phenoxy) is 3. The third-order valence-electron chi connectivity index (χ3n) is 8.94. The molecule has 1 aliphatic rings. The Morgan fingerprint density at radius 2 is 1.89 bits per heavy atom. The van der Waals surface area contributed by atoms with E-state index in [4.69, 9.17) is 25.8 Å². The number of carbonyl (C=O) groups is 3. The van der Waals surface area contributed by atoms with E-state index in [9.17, 15) is 24.5 Å². The highest BCUT2D eigenvalue weighted by Gasteiger charge is 2.32. The molecule has 5 rings (SSSR count). The fraction of sp³-hybridized carbons (Fsp3) is 0.436. The van der Waals surface area contributed by atoms with Gasteiger partial charge >= 0.3 is 5.97 Å². The number of amides is 2. The number of halogens is 1. The van der Waals surface area contributed by atoms with Crippen molar-refractivity contribution < 1.29 is 33.5 Å². The first-order valence-corrected chi connectivity index (χ1v) is 22.3. The van der Waals surface area contributed by atoms with E-state index in [2.05, 4.69) is 29.9 Å². The maximum Gasteiger partial charge on any atom is 0.342 e. The van der Waals surface area contributed by atoms with Gasteiger partial charge in [0.15, 0.2) is 0 Å². The van der Waals surface area contributed by atoms with E-state index < -0.39 is 42.4 Å². The van der Waals surface area contributed by atoms with Gasteiger partial charge < -0.3 is 29.0 Å². The molecule has 4 aromatic rings. The summed E-state index contributed by atoms with van der Waals surface area (Å²) in [6, 6.07) is 13.6. The second-order valence-electron chi connectivity index (χ2n) is 15.6. The van der Waals surface area contributed by atoms with Crippen molar-refractivity contribution in [2.75, 3.05) is 24.3 Å². The number of nitro benzene ring substituents is 1. The quantitative estimate of drug-likeness (QED) is 0.0252. The summed E-state index contributed by atoms with van der Waals surface area (Å²) in [4.78, 5) is 57.6. The molecule has 0 unspecified atom stereocenters. The van der Waals surface area contributed by atoms with Crippen LogP contribution in [-0.4, -0.2) is 69.9 Å². The number of alkyl halides is 1. The standard InChI is InChI=1S/C39H48ClN5O8Si/c1-39(2,3)53-38(48)31-15-14-27(21-34(31)52-28-20-26-16-17-43(37(26)41-23-28)25-51-18-19-54(4,5)6)42-35(46)24-44(36(47)22-40)32-12-8-7-10-30-29(32)11-9-13-33(30)45(49)50/h9,11,13-17,20-21,23,32H,7-8,10,12,18-19,22,24-25H2,1-6H3,(H,42,46)/t32-/m1/s1. The fourth-order valence-electron chi connectivity index (χ4n) is 6.34. The molecule has 13 nitrogen and oxygen atoms in total. The second kappa shape index (κ2) is 17.1. The topological polar surface area (TPSA) is 155 Å². The molecule has 2 aromatic carbocycles. The van der Waals surface area contributed by atoms with Gasteiger partial charge in [0.25, 0.3) is 5.69 Å². The number of carbonyl (C=O) groups excluding carboxylic acids is 3. The number of hydrogen-bond acceptors (Lipinski definition) is 9. The molecule has 2 amide bonds. The predicted molar refractivity (Wildman–Crippen MR) is 210 cm³/mol. The van der Waals surface area contributed by atoms with Gasteiger partial charge in [-0.3, -0.25) is 19.7 Å². The van der Waals surface area contributed by atoms with E-state index in [1.807, 2.05) is 16.8 Å². The van der Waals surface area contributed by atoms with Crippen molar-refractivity contribution >= 4 is 59.9 Å². The molecule has 0 aliphatic heterocycles. The molecule has 0 fully saturated rings. The summed E-state index contributed by atoms with van der Waals surface area (Å²) in [6.07, 6.45) is 5.86. The van der Waals surface area contributed by atoms with E-state index in [0.717, 1.165) is 11.4 Å². The normalized spacial score (nSPS) is 14.5. The van der Waals surface area contributed by atoms with Gasteiger partial charge in [0.2, 0.25) is 11.8 Å². The number of rotatable bonds is 14. The Morgan fingerprint density at radius 1 is 1.11 bits per heavy atom. The summed E-state index contributed by atoms with van der Waals surface area (Å²) in [5, 5.41) is 15.5. The molecule has 1 aliphatic carbocycles. The molecule has 2 aromatic heterocycles. The van der Waals surface area contributed by atoms with Gasteiger partial charge in [-0.2, -0.15) is 0 Å². The summed E-state index contributed by atoms with van der Waals surface area (Å²) in [5.41, 5.74) is 1.56. The van der Waals surface area contributed by atoms with Gasteiger partial charge in [-0.15, -0.1) is 11.6 Å². The van der Waals surface area contributed by atoms with Gasteiger partial charge in [0.1, 0.15) is 47.5 Å². The van der Waals surface area contributed by atoms with Gasteiger partial charge in [0.05, 0.1) is 17.2 Å². The van der Waals surface area contributed by atoms with Crippen LogP contribution in [-0.2, 0) is 32.2 Å². The number of aromatic nitrogens is 2. The lowest BCUT2D eigenvalue weighted by Gasteiger charge is -2.31. The van der Waals surface area contributed by atoms with E-state index >= 15 is 0 Å². The molecule has 1 N–H and O–H groups in total. The molecule has 2 heterocycles. The van der Waals surface area contributed by atoms with Crippen molar-refractivity contribution in [1.29, 1.82) is 0 Å². The lowest BCUT2D eigenvalue weighted by Crippen LogP contribution is -2.41. The van der Waals surface area contributed by atoms with Crippen LogP contribution in [0.2, 0.25) is 25.7 Å². The van der Waals surface area contributed by atoms with Crippen molar-refractivity contribution in [3.05, 3.63) is 87.7 Å². The summed E-state index contributed by atoms with van der Waals surface area (Å²) in [7, 11) is -1.22. The number of nitro groups is 1. The van der Waals surface area contributed by atoms with E-state index in [1.54, 1.807) is 51.2 Å². The van der Waals surface area contributed by atoms with Crippen LogP contribution >= 0.6 is 11.6 Å². The van der Waals surface area contributed by atoms with E-state index in [0.29, 0.717) is 67.2 Å². The minimum Gasteiger partial charge on any atom is -0.456 e. The van der Waals surface area contributed by atoms with Crippen molar-refractivity contribution in [3.63, 3.8) is 0 Å². The number of nitrogens with one attached hydrogen (secondary N) is 1. The Labute approximate surface area is 321 Å². The number of pyridine rings is 1. The Bertz CT molecular complexity index is 2020. The minimum absolute atomic E-state index is 0.00601. The van der Waals surface area contributed by atoms with Crippen molar-refractivity contribution in [2.45, 2.75) is 90.5 Å². The zero-order valence-electron chi connectivity index (χ0n) is 31.6. The smallest absolute Gasteiger partial charge is 0.342 e. The molecule has 0 saturated heterocycles. The third-order valence-corrected chi connectivity index (χ3v) is 10.9. The predicted octanol–water partition coefficient (Wildman–Crippen LogP) is 8.48. The number of fused-ring (bicyclic) bond motifs is 2. The molecular formula is C39H48ClN5O8Si. The number of esters is 1. The van der Waals surface area contributed by atoms with Crippen LogP contribution in [0.4, 0.5) is 11.4 Å². The lowest BCUT2D eigenvalue weighted by molar-refractivity contribution is -0.385. The van der Waals surface area contributed by atoms with Gasteiger partial charge in [-0.25, -0.2) is 9.78 Å². The first-order valence-electron chi connectivity index (χ1n) is 18.0. The largest absolute Gasteiger partial charge is 0.456 e. The van der Waals surface area contributed by atoms with Crippen molar-refractivity contribution in [2.24, 2.45) is 0 Å². The molecule has 0 radical (unpaired) electrons. The first kappa shape index (κ1) is 40.4. The van der Waals surface area contributed by atoms with Crippen LogP contribution in [0.3, 0.4) is 0 Å². The van der Waals surface area contributed by atoms with E-state index in [1.165, 1.54) is 23.1 Å². The summed E-state index contributed by atoms with van der Waals surface area (Å²) < 4.78 is 19.7. The average Bonchev–Trinajstić information content (AvgIpc) is 3.36. The van der Waals surface area contributed by atoms with Crippen LogP contribution in [0, 0.1) is 10.1 Å². The number of benzene rings is 2. The number of hydrogen-bond donors (Lipinski definition) is 1. The summed E-state index contributed by atoms with van der Waals surface area (Å²) in [5.74, 6) is -1.52. The molecule has 54 heavy (non-hydrogen) atoms. The zero-order valence-corrected chi connectivity index (χ0v) is 33.4. The Balaban J connectivity index is 1.38. The molecule has 0 bridgehead atoms. The molecule has 0 saturated carbocycles. The van der Waals surface area contributed by atoms with Gasteiger partial charge in [0, 0.05) is 49.6 Å². The average molecular weight is 778 g/mol. The van der Waals surface area contributed by atoms with Gasteiger partial charge in [-0.05, 0) is 75.9 Å². The highest BCUT2D eigenvalue weighted by atomic mass is 35.5.